The number of benzene rings is 1. The third kappa shape index (κ3) is 2.41. The van der Waals surface area contributed by atoms with E-state index in [-0.39, 0.29) is 17.7 Å². The molecule has 1 fully saturated rings. The number of nitriles is 1. The van der Waals surface area contributed by atoms with E-state index in [1.807, 2.05) is 6.07 Å². The fourth-order valence-corrected chi connectivity index (χ4v) is 2.08. The molecule has 0 aliphatic heterocycles. The Labute approximate surface area is 105 Å². The van der Waals surface area contributed by atoms with E-state index in [4.69, 9.17) is 9.81 Å². The van der Waals surface area contributed by atoms with Crippen LogP contribution < -0.4 is 4.72 Å². The van der Waals surface area contributed by atoms with Crippen molar-refractivity contribution in [3.05, 3.63) is 34.9 Å². The summed E-state index contributed by atoms with van der Waals surface area (Å²) in [6, 6.07) is 3.96. The normalized spacial score (nSPS) is 18.1. The van der Waals surface area contributed by atoms with Crippen LogP contribution in [0.4, 0.5) is 8.78 Å². The van der Waals surface area contributed by atoms with E-state index in [9.17, 15) is 13.0 Å². The number of halogens is 2. The summed E-state index contributed by atoms with van der Waals surface area (Å²) < 4.78 is 48.4. The number of nitrogens with one attached hydrogen (secondary N) is 1. The van der Waals surface area contributed by atoms with Crippen LogP contribution in [0.5, 0.6) is 0 Å². The predicted molar refractivity (Wildman–Crippen MR) is 60.5 cm³/mol. The van der Waals surface area contributed by atoms with Crippen LogP contribution in [-0.2, 0) is 23.2 Å². The average Bonchev–Trinajstić information content (AvgIpc) is 3.10. The molecular weight excluding hydrogens is 262 g/mol. The van der Waals surface area contributed by atoms with Gasteiger partial charge in [0.15, 0.2) is 0 Å². The van der Waals surface area contributed by atoms with Crippen LogP contribution in [0.2, 0.25) is 0 Å². The lowest BCUT2D eigenvalue weighted by Crippen LogP contribution is -2.17. The molecule has 1 aliphatic carbocycles. The smallest absolute Gasteiger partial charge is 0.232 e. The highest BCUT2D eigenvalue weighted by atomic mass is 32.2. The molecule has 0 radical (unpaired) electrons. The van der Waals surface area contributed by atoms with Gasteiger partial charge in [-0.3, -0.25) is 4.55 Å². The van der Waals surface area contributed by atoms with Gasteiger partial charge < -0.3 is 0 Å². The lowest BCUT2D eigenvalue weighted by atomic mass is 9.95. The first-order chi connectivity index (χ1) is 8.48. The average molecular weight is 272 g/mol. The molecule has 0 heterocycles. The van der Waals surface area contributed by atoms with Crippen molar-refractivity contribution < 1.29 is 17.5 Å². The number of hydrogen-bond acceptors (Lipinski definition) is 2. The maximum absolute atomic E-state index is 13.8. The highest BCUT2D eigenvalue weighted by Gasteiger charge is 2.47. The summed E-state index contributed by atoms with van der Waals surface area (Å²) in [7, 11) is 0. The molecular formula is C11H10F2N2O2S. The first-order valence-corrected chi connectivity index (χ1v) is 6.33. The minimum Gasteiger partial charge on any atom is -0.294 e. The SMILES string of the molecule is N#CC1(c2cc(F)c(CNS(=O)O)cc2F)CC1. The van der Waals surface area contributed by atoms with Gasteiger partial charge in [0.2, 0.25) is 11.3 Å². The van der Waals surface area contributed by atoms with Crippen LogP contribution in [0.15, 0.2) is 12.1 Å². The highest BCUT2D eigenvalue weighted by molar-refractivity contribution is 7.77. The molecule has 2 N–H and O–H groups in total. The molecule has 0 spiro atoms. The Morgan fingerprint density at radius 2 is 2.11 bits per heavy atom. The lowest BCUT2D eigenvalue weighted by molar-refractivity contribution is 0.540. The van der Waals surface area contributed by atoms with Gasteiger partial charge in [-0.05, 0) is 25.0 Å². The molecule has 4 nitrogen and oxygen atoms in total. The van der Waals surface area contributed by atoms with E-state index in [1.54, 1.807) is 0 Å². The Bertz CT molecular complexity index is 553. The van der Waals surface area contributed by atoms with Crippen molar-refractivity contribution in [1.29, 1.82) is 5.26 Å². The summed E-state index contributed by atoms with van der Waals surface area (Å²) in [5.74, 6) is -1.35. The van der Waals surface area contributed by atoms with Gasteiger partial charge in [0.1, 0.15) is 11.6 Å². The maximum Gasteiger partial charge on any atom is 0.232 e. The quantitative estimate of drug-likeness (QED) is 0.820. The topological polar surface area (TPSA) is 73.1 Å². The van der Waals surface area contributed by atoms with Gasteiger partial charge in [-0.25, -0.2) is 17.7 Å². The van der Waals surface area contributed by atoms with Crippen molar-refractivity contribution in [2.24, 2.45) is 0 Å². The molecule has 18 heavy (non-hydrogen) atoms. The van der Waals surface area contributed by atoms with Gasteiger partial charge in [-0.15, -0.1) is 0 Å². The zero-order valence-electron chi connectivity index (χ0n) is 9.24. The van der Waals surface area contributed by atoms with E-state index in [1.165, 1.54) is 0 Å². The predicted octanol–water partition coefficient (Wildman–Crippen LogP) is 1.75. The molecule has 1 aromatic rings. The van der Waals surface area contributed by atoms with Crippen LogP contribution in [0.25, 0.3) is 0 Å². The number of hydrogen-bond donors (Lipinski definition) is 2. The molecule has 1 atom stereocenters. The van der Waals surface area contributed by atoms with Crippen molar-refractivity contribution >= 4 is 11.3 Å². The van der Waals surface area contributed by atoms with Gasteiger partial charge in [-0.2, -0.15) is 5.26 Å². The second kappa shape index (κ2) is 4.72. The Morgan fingerprint density at radius 1 is 1.44 bits per heavy atom. The summed E-state index contributed by atoms with van der Waals surface area (Å²) in [5.41, 5.74) is -0.875. The molecule has 7 heteroatoms. The van der Waals surface area contributed by atoms with Crippen LogP contribution in [0.3, 0.4) is 0 Å². The Balaban J connectivity index is 2.30. The van der Waals surface area contributed by atoms with Crippen molar-refractivity contribution in [2.45, 2.75) is 24.8 Å². The van der Waals surface area contributed by atoms with E-state index < -0.39 is 28.3 Å². The summed E-state index contributed by atoms with van der Waals surface area (Å²) in [6.07, 6.45) is 1.05. The fraction of sp³-hybridized carbons (Fsp3) is 0.364. The van der Waals surface area contributed by atoms with Crippen LogP contribution >= 0.6 is 0 Å². The second-order valence-corrected chi connectivity index (χ2v) is 4.97. The standard InChI is InChI=1S/C11H10F2N2O2S/c12-9-4-8(11(6-14)1-2-11)10(13)3-7(9)5-15-18(16)17/h3-4,15H,1-2,5H2,(H,16,17). The molecule has 0 aromatic heterocycles. The highest BCUT2D eigenvalue weighted by Crippen LogP contribution is 2.48. The zero-order valence-corrected chi connectivity index (χ0v) is 10.1. The lowest BCUT2D eigenvalue weighted by Gasteiger charge is -2.11. The largest absolute Gasteiger partial charge is 0.294 e. The monoisotopic (exact) mass is 272 g/mol. The van der Waals surface area contributed by atoms with Crippen LogP contribution in [0, 0.1) is 23.0 Å². The Morgan fingerprint density at radius 3 is 2.61 bits per heavy atom. The molecule has 0 bridgehead atoms. The van der Waals surface area contributed by atoms with Gasteiger partial charge in [-0.1, -0.05) is 0 Å². The fourth-order valence-electron chi connectivity index (χ4n) is 1.80. The van der Waals surface area contributed by atoms with E-state index >= 15 is 0 Å². The molecule has 0 amide bonds. The molecule has 1 unspecified atom stereocenters. The van der Waals surface area contributed by atoms with E-state index in [0.29, 0.717) is 12.8 Å². The van der Waals surface area contributed by atoms with Crippen molar-refractivity contribution in [3.63, 3.8) is 0 Å². The third-order valence-corrected chi connectivity index (χ3v) is 3.39. The van der Waals surface area contributed by atoms with Gasteiger partial charge >= 0.3 is 0 Å². The van der Waals surface area contributed by atoms with Crippen molar-refractivity contribution in [2.75, 3.05) is 0 Å². The molecule has 96 valence electrons. The molecule has 1 aromatic carbocycles. The zero-order chi connectivity index (χ0) is 13.3. The molecule has 2 rings (SSSR count). The molecule has 1 saturated carbocycles. The maximum atomic E-state index is 13.8. The Hall–Kier alpha value is -1.36. The van der Waals surface area contributed by atoms with Crippen molar-refractivity contribution in [1.82, 2.24) is 4.72 Å². The van der Waals surface area contributed by atoms with E-state index in [2.05, 4.69) is 4.72 Å². The minimum absolute atomic E-state index is 0.0487. The van der Waals surface area contributed by atoms with Gasteiger partial charge in [0, 0.05) is 17.7 Å². The second-order valence-electron chi connectivity index (χ2n) is 4.19. The summed E-state index contributed by atoms with van der Waals surface area (Å²) in [6.45, 7) is -0.258. The summed E-state index contributed by atoms with van der Waals surface area (Å²) in [5, 5.41) is 8.95. The van der Waals surface area contributed by atoms with Crippen molar-refractivity contribution in [3.8, 4) is 6.07 Å². The minimum atomic E-state index is -2.28. The first kappa shape index (κ1) is 13.1. The molecule has 0 saturated heterocycles. The Kier molecular flexibility index (Phi) is 3.43. The van der Waals surface area contributed by atoms with Gasteiger partial charge in [0.25, 0.3) is 0 Å². The summed E-state index contributed by atoms with van der Waals surface area (Å²) in [4.78, 5) is 0. The molecule has 1 aliphatic rings. The van der Waals surface area contributed by atoms with Crippen LogP contribution in [-0.4, -0.2) is 8.76 Å². The van der Waals surface area contributed by atoms with E-state index in [0.717, 1.165) is 12.1 Å². The third-order valence-electron chi connectivity index (χ3n) is 3.00. The summed E-state index contributed by atoms with van der Waals surface area (Å²) >= 11 is -2.28. The van der Waals surface area contributed by atoms with Gasteiger partial charge in [0.05, 0.1) is 11.5 Å². The van der Waals surface area contributed by atoms with Crippen LogP contribution in [0.1, 0.15) is 24.0 Å². The number of nitrogens with zero attached hydrogens (tertiary/aromatic N) is 1. The first-order valence-electron chi connectivity index (χ1n) is 5.22. The number of rotatable bonds is 4.